The average molecular weight is 438 g/mol. The summed E-state index contributed by atoms with van der Waals surface area (Å²) in [5, 5.41) is 10.3. The predicted octanol–water partition coefficient (Wildman–Crippen LogP) is 3.28. The summed E-state index contributed by atoms with van der Waals surface area (Å²) in [7, 11) is 0. The fourth-order valence-corrected chi connectivity index (χ4v) is 5.38. The maximum absolute atomic E-state index is 14.8. The standard InChI is InChI=1S/C20H18ClF2N3O2S/c21-12-2-4-15(25-8-12)16(28)6-11-1-3-14(23)13(5-11)20(9-22)17-7-19(17,10-27)29-18(24)26-20/h1-5,8,17,27H,6-7,9-10H2,(H2,24,26)/t17-,19-,20-/m1/s1. The minimum atomic E-state index is -1.50. The van der Waals surface area contributed by atoms with Crippen LogP contribution < -0.4 is 5.73 Å². The van der Waals surface area contributed by atoms with Crippen molar-refractivity contribution in [3.05, 3.63) is 64.2 Å². The molecule has 0 bridgehead atoms. The molecule has 3 atom stereocenters. The number of rotatable bonds is 6. The first-order valence-electron chi connectivity index (χ1n) is 8.98. The SMILES string of the molecule is NC1=N[C@](CF)(c2cc(CC(=O)c3ccc(Cl)cn3)ccc2F)[C@@H]2C[C@]2(CO)S1. The highest BCUT2D eigenvalue weighted by molar-refractivity contribution is 8.15. The van der Waals surface area contributed by atoms with Gasteiger partial charge < -0.3 is 10.8 Å². The third-order valence-electron chi connectivity index (χ3n) is 5.56. The van der Waals surface area contributed by atoms with Crippen LogP contribution in [0.2, 0.25) is 5.02 Å². The molecule has 1 aliphatic carbocycles. The zero-order valence-electron chi connectivity index (χ0n) is 15.2. The smallest absolute Gasteiger partial charge is 0.185 e. The Bertz CT molecular complexity index is 1000. The Balaban J connectivity index is 1.69. The zero-order chi connectivity index (χ0) is 20.8. The summed E-state index contributed by atoms with van der Waals surface area (Å²) in [5.74, 6) is -1.27. The highest BCUT2D eigenvalue weighted by atomic mass is 35.5. The lowest BCUT2D eigenvalue weighted by atomic mass is 9.83. The third kappa shape index (κ3) is 3.43. The van der Waals surface area contributed by atoms with Crippen LogP contribution in [0, 0.1) is 11.7 Å². The maximum Gasteiger partial charge on any atom is 0.185 e. The molecule has 3 N–H and O–H groups in total. The van der Waals surface area contributed by atoms with Gasteiger partial charge in [0.1, 0.15) is 23.7 Å². The first-order valence-corrected chi connectivity index (χ1v) is 10.2. The number of Topliss-reactive ketones (excluding diaryl/α,β-unsaturated/α-hetero) is 1. The van der Waals surface area contributed by atoms with Crippen LogP contribution in [0.4, 0.5) is 8.78 Å². The summed E-state index contributed by atoms with van der Waals surface area (Å²) in [6.45, 7) is -1.14. The second-order valence-corrected chi connectivity index (χ2v) is 9.24. The molecule has 1 fully saturated rings. The van der Waals surface area contributed by atoms with E-state index in [-0.39, 0.29) is 41.2 Å². The topological polar surface area (TPSA) is 88.6 Å². The number of aliphatic imine (C=N–C) groups is 1. The molecule has 0 amide bonds. The molecule has 2 aromatic rings. The van der Waals surface area contributed by atoms with Gasteiger partial charge in [-0.3, -0.25) is 9.78 Å². The Hall–Kier alpha value is -2.03. The van der Waals surface area contributed by atoms with E-state index in [9.17, 15) is 18.7 Å². The summed E-state index contributed by atoms with van der Waals surface area (Å²) in [4.78, 5) is 20.8. The highest BCUT2D eigenvalue weighted by Gasteiger charge is 2.68. The fraction of sp³-hybridized carbons (Fsp3) is 0.350. The lowest BCUT2D eigenvalue weighted by Crippen LogP contribution is -2.41. The van der Waals surface area contributed by atoms with Crippen LogP contribution >= 0.6 is 23.4 Å². The van der Waals surface area contributed by atoms with Gasteiger partial charge >= 0.3 is 0 Å². The molecule has 0 spiro atoms. The predicted molar refractivity (Wildman–Crippen MR) is 108 cm³/mol. The normalized spacial score (nSPS) is 27.9. The van der Waals surface area contributed by atoms with Crippen molar-refractivity contribution in [2.75, 3.05) is 13.3 Å². The van der Waals surface area contributed by atoms with Crippen molar-refractivity contribution in [2.45, 2.75) is 23.1 Å². The Morgan fingerprint density at radius 2 is 2.17 bits per heavy atom. The molecule has 29 heavy (non-hydrogen) atoms. The first kappa shape index (κ1) is 20.3. The molecule has 5 nitrogen and oxygen atoms in total. The van der Waals surface area contributed by atoms with Crippen LogP contribution in [0.1, 0.15) is 28.0 Å². The van der Waals surface area contributed by atoms with Crippen molar-refractivity contribution in [1.29, 1.82) is 0 Å². The summed E-state index contributed by atoms with van der Waals surface area (Å²) in [5.41, 5.74) is 5.20. The molecule has 4 rings (SSSR count). The van der Waals surface area contributed by atoms with E-state index in [0.717, 1.165) is 0 Å². The van der Waals surface area contributed by atoms with Gasteiger partial charge in [0.25, 0.3) is 0 Å². The molecule has 0 radical (unpaired) electrons. The van der Waals surface area contributed by atoms with Crippen molar-refractivity contribution in [3.63, 3.8) is 0 Å². The minimum absolute atomic E-state index is 0.0337. The van der Waals surface area contributed by atoms with E-state index >= 15 is 0 Å². The number of fused-ring (bicyclic) bond motifs is 1. The molecule has 1 saturated carbocycles. The second-order valence-electron chi connectivity index (χ2n) is 7.37. The number of thioether (sulfide) groups is 1. The van der Waals surface area contributed by atoms with E-state index in [2.05, 4.69) is 9.98 Å². The number of hydrogen-bond donors (Lipinski definition) is 2. The van der Waals surface area contributed by atoms with E-state index < -0.39 is 22.8 Å². The van der Waals surface area contributed by atoms with Crippen molar-refractivity contribution in [3.8, 4) is 0 Å². The Kier molecular flexibility index (Phi) is 5.13. The Morgan fingerprint density at radius 1 is 1.38 bits per heavy atom. The monoisotopic (exact) mass is 437 g/mol. The number of aliphatic hydroxyl groups is 1. The molecule has 1 aromatic heterocycles. The molecular weight excluding hydrogens is 420 g/mol. The summed E-state index contributed by atoms with van der Waals surface area (Å²) in [6, 6.07) is 7.24. The van der Waals surface area contributed by atoms with Gasteiger partial charge in [-0.25, -0.2) is 13.8 Å². The van der Waals surface area contributed by atoms with Gasteiger partial charge in [-0.15, -0.1) is 0 Å². The Labute approximate surface area is 175 Å². The quantitative estimate of drug-likeness (QED) is 0.677. The summed E-state index contributed by atoms with van der Waals surface area (Å²) in [6.07, 6.45) is 1.83. The number of pyridine rings is 1. The number of aromatic nitrogens is 1. The maximum atomic E-state index is 14.8. The van der Waals surface area contributed by atoms with Gasteiger partial charge in [-0.05, 0) is 36.2 Å². The van der Waals surface area contributed by atoms with Crippen molar-refractivity contribution >= 4 is 34.3 Å². The van der Waals surface area contributed by atoms with Crippen LogP contribution in [0.3, 0.4) is 0 Å². The van der Waals surface area contributed by atoms with Crippen LogP contribution in [0.5, 0.6) is 0 Å². The lowest BCUT2D eigenvalue weighted by Gasteiger charge is -2.34. The number of halogens is 3. The van der Waals surface area contributed by atoms with Crippen LogP contribution in [0.25, 0.3) is 0 Å². The van der Waals surface area contributed by atoms with Crippen LogP contribution in [-0.4, -0.2) is 39.1 Å². The van der Waals surface area contributed by atoms with Gasteiger partial charge in [0.05, 0.1) is 16.4 Å². The van der Waals surface area contributed by atoms with Gasteiger partial charge in [0.15, 0.2) is 11.0 Å². The minimum Gasteiger partial charge on any atom is -0.395 e. The molecule has 2 heterocycles. The third-order valence-corrected chi connectivity index (χ3v) is 7.08. The largest absolute Gasteiger partial charge is 0.395 e. The molecule has 1 aromatic carbocycles. The molecule has 152 valence electrons. The summed E-state index contributed by atoms with van der Waals surface area (Å²) < 4.78 is 28.5. The molecule has 0 saturated heterocycles. The Morgan fingerprint density at radius 3 is 2.83 bits per heavy atom. The van der Waals surface area contributed by atoms with E-state index in [1.807, 2.05) is 0 Å². The van der Waals surface area contributed by atoms with E-state index in [1.165, 1.54) is 42.2 Å². The van der Waals surface area contributed by atoms with E-state index in [4.69, 9.17) is 17.3 Å². The second kappa shape index (κ2) is 7.34. The number of nitrogens with two attached hydrogens (primary N) is 1. The van der Waals surface area contributed by atoms with Gasteiger partial charge in [0, 0.05) is 24.1 Å². The van der Waals surface area contributed by atoms with Gasteiger partial charge in [-0.2, -0.15) is 0 Å². The molecule has 9 heteroatoms. The van der Waals surface area contributed by atoms with Crippen molar-refractivity contribution < 1.29 is 18.7 Å². The molecule has 0 unspecified atom stereocenters. The van der Waals surface area contributed by atoms with E-state index in [1.54, 1.807) is 6.07 Å². The molecule has 1 aliphatic heterocycles. The van der Waals surface area contributed by atoms with E-state index in [0.29, 0.717) is 17.0 Å². The number of carbonyl (C=O) groups is 1. The fourth-order valence-electron chi connectivity index (χ4n) is 3.99. The number of nitrogens with zero attached hydrogens (tertiary/aromatic N) is 2. The molecule has 2 aliphatic rings. The number of carbonyl (C=O) groups excluding carboxylic acids is 1. The number of amidine groups is 1. The van der Waals surface area contributed by atoms with Gasteiger partial charge in [0.2, 0.25) is 0 Å². The highest BCUT2D eigenvalue weighted by Crippen LogP contribution is 2.65. The lowest BCUT2D eigenvalue weighted by molar-refractivity contribution is 0.0988. The number of aliphatic hydroxyl groups excluding tert-OH is 1. The molecular formula is C20H18ClF2N3O2S. The number of benzene rings is 1. The zero-order valence-corrected chi connectivity index (χ0v) is 16.8. The first-order chi connectivity index (χ1) is 13.8. The number of hydrogen-bond acceptors (Lipinski definition) is 6. The average Bonchev–Trinajstić information content (AvgIpc) is 3.44. The van der Waals surface area contributed by atoms with Crippen LogP contribution in [-0.2, 0) is 12.0 Å². The van der Waals surface area contributed by atoms with Crippen molar-refractivity contribution in [2.24, 2.45) is 16.6 Å². The summed E-state index contributed by atoms with van der Waals surface area (Å²) >= 11 is 7.00. The van der Waals surface area contributed by atoms with Crippen LogP contribution in [0.15, 0.2) is 41.5 Å². The number of ketones is 1. The van der Waals surface area contributed by atoms with Gasteiger partial charge in [-0.1, -0.05) is 29.4 Å². The number of alkyl halides is 1. The van der Waals surface area contributed by atoms with Crippen molar-refractivity contribution in [1.82, 2.24) is 4.98 Å².